The van der Waals surface area contributed by atoms with Crippen molar-refractivity contribution in [2.75, 3.05) is 45.9 Å². The van der Waals surface area contributed by atoms with Gasteiger partial charge in [-0.15, -0.1) is 0 Å². The minimum Gasteiger partial charge on any atom is -0.444 e. The van der Waals surface area contributed by atoms with Gasteiger partial charge in [0.15, 0.2) is 0 Å². The molecule has 0 radical (unpaired) electrons. The predicted octanol–water partition coefficient (Wildman–Crippen LogP) is 2.32. The Balaban J connectivity index is 1.64. The van der Waals surface area contributed by atoms with Crippen LogP contribution >= 0.6 is 0 Å². The second kappa shape index (κ2) is 8.81. The molecule has 6 heteroatoms. The number of likely N-dealkylation sites (tertiary alicyclic amines) is 1. The van der Waals surface area contributed by atoms with Gasteiger partial charge in [0.1, 0.15) is 11.4 Å². The molecular formula is C18H32N2O4. The lowest BCUT2D eigenvalue weighted by Crippen LogP contribution is -2.43. The molecule has 2 saturated heterocycles. The predicted molar refractivity (Wildman–Crippen MR) is 92.0 cm³/mol. The highest BCUT2D eigenvalue weighted by Crippen LogP contribution is 2.22. The first-order chi connectivity index (χ1) is 11.3. The van der Waals surface area contributed by atoms with E-state index < -0.39 is 5.60 Å². The van der Waals surface area contributed by atoms with Crippen LogP contribution in [0, 0.1) is 5.92 Å². The van der Waals surface area contributed by atoms with E-state index in [1.54, 1.807) is 4.90 Å². The zero-order chi connectivity index (χ0) is 17.6. The van der Waals surface area contributed by atoms with Gasteiger partial charge < -0.3 is 14.4 Å². The molecule has 1 amide bonds. The van der Waals surface area contributed by atoms with Gasteiger partial charge in [-0.2, -0.15) is 0 Å². The number of carbonyl (C=O) groups is 2. The summed E-state index contributed by atoms with van der Waals surface area (Å²) >= 11 is 0. The Kier molecular flexibility index (Phi) is 7.04. The SMILES string of the molecule is CC(C)(C)OC(=O)N1CCC(C(=O)CCCN2CCOCC2)CC1. The van der Waals surface area contributed by atoms with E-state index in [-0.39, 0.29) is 12.0 Å². The Hall–Kier alpha value is -1.14. The molecule has 2 fully saturated rings. The van der Waals surface area contributed by atoms with Crippen LogP contribution in [0.15, 0.2) is 0 Å². The lowest BCUT2D eigenvalue weighted by Gasteiger charge is -2.33. The smallest absolute Gasteiger partial charge is 0.410 e. The summed E-state index contributed by atoms with van der Waals surface area (Å²) < 4.78 is 10.7. The first-order valence-electron chi connectivity index (χ1n) is 9.16. The third kappa shape index (κ3) is 6.40. The number of ketones is 1. The van der Waals surface area contributed by atoms with E-state index in [0.717, 1.165) is 52.1 Å². The third-order valence-electron chi connectivity index (χ3n) is 4.60. The summed E-state index contributed by atoms with van der Waals surface area (Å²) in [4.78, 5) is 28.5. The van der Waals surface area contributed by atoms with Crippen molar-refractivity contribution in [2.24, 2.45) is 5.92 Å². The summed E-state index contributed by atoms with van der Waals surface area (Å²) in [6.45, 7) is 11.4. The van der Waals surface area contributed by atoms with Crippen LogP contribution in [0.5, 0.6) is 0 Å². The van der Waals surface area contributed by atoms with Crippen LogP contribution < -0.4 is 0 Å². The molecule has 0 atom stereocenters. The van der Waals surface area contributed by atoms with Gasteiger partial charge in [-0.1, -0.05) is 0 Å². The molecule has 0 unspecified atom stereocenters. The van der Waals surface area contributed by atoms with Crippen molar-refractivity contribution in [3.63, 3.8) is 0 Å². The number of carbonyl (C=O) groups excluding carboxylic acids is 2. The summed E-state index contributed by atoms with van der Waals surface area (Å²) in [6, 6.07) is 0. The van der Waals surface area contributed by atoms with E-state index in [4.69, 9.17) is 9.47 Å². The Morgan fingerprint density at radius 1 is 1.08 bits per heavy atom. The lowest BCUT2D eigenvalue weighted by molar-refractivity contribution is -0.124. The maximum atomic E-state index is 12.4. The highest BCUT2D eigenvalue weighted by molar-refractivity contribution is 5.81. The highest BCUT2D eigenvalue weighted by Gasteiger charge is 2.29. The summed E-state index contributed by atoms with van der Waals surface area (Å²) in [5.41, 5.74) is -0.469. The van der Waals surface area contributed by atoms with Crippen molar-refractivity contribution in [3.8, 4) is 0 Å². The standard InChI is InChI=1S/C18H32N2O4/c1-18(2,3)24-17(22)20-9-6-15(7-10-20)16(21)5-4-8-19-11-13-23-14-12-19/h15H,4-14H2,1-3H3. The normalized spacial score (nSPS) is 20.9. The highest BCUT2D eigenvalue weighted by atomic mass is 16.6. The fourth-order valence-corrected chi connectivity index (χ4v) is 3.22. The van der Waals surface area contributed by atoms with E-state index >= 15 is 0 Å². The molecule has 6 nitrogen and oxygen atoms in total. The fourth-order valence-electron chi connectivity index (χ4n) is 3.22. The molecule has 0 saturated carbocycles. The van der Waals surface area contributed by atoms with Crippen LogP contribution in [0.2, 0.25) is 0 Å². The molecule has 2 aliphatic heterocycles. The van der Waals surface area contributed by atoms with Crippen molar-refractivity contribution < 1.29 is 19.1 Å². The monoisotopic (exact) mass is 340 g/mol. The molecule has 0 aromatic rings. The summed E-state index contributed by atoms with van der Waals surface area (Å²) in [5, 5.41) is 0. The third-order valence-corrected chi connectivity index (χ3v) is 4.60. The second-order valence-corrected chi connectivity index (χ2v) is 7.77. The Labute approximate surface area is 145 Å². The number of Topliss-reactive ketones (excluding diaryl/α,β-unsaturated/α-hetero) is 1. The largest absolute Gasteiger partial charge is 0.444 e. The summed E-state index contributed by atoms with van der Waals surface area (Å²) in [5.74, 6) is 0.459. The molecule has 24 heavy (non-hydrogen) atoms. The van der Waals surface area contributed by atoms with Crippen LogP contribution in [0.3, 0.4) is 0 Å². The molecular weight excluding hydrogens is 308 g/mol. The van der Waals surface area contributed by atoms with E-state index in [1.807, 2.05) is 20.8 Å². The zero-order valence-corrected chi connectivity index (χ0v) is 15.4. The molecule has 0 aromatic heterocycles. The minimum absolute atomic E-state index is 0.105. The van der Waals surface area contributed by atoms with Gasteiger partial charge in [-0.25, -0.2) is 4.79 Å². The quantitative estimate of drug-likeness (QED) is 0.769. The number of rotatable bonds is 5. The molecule has 0 aliphatic carbocycles. The van der Waals surface area contributed by atoms with Crippen LogP contribution in [0.25, 0.3) is 0 Å². The van der Waals surface area contributed by atoms with E-state index in [0.29, 0.717) is 25.3 Å². The van der Waals surface area contributed by atoms with Crippen molar-refractivity contribution in [1.29, 1.82) is 0 Å². The molecule has 138 valence electrons. The summed E-state index contributed by atoms with van der Waals surface area (Å²) in [6.07, 6.45) is 2.82. The van der Waals surface area contributed by atoms with Gasteiger partial charge in [0, 0.05) is 38.5 Å². The van der Waals surface area contributed by atoms with E-state index in [1.165, 1.54) is 0 Å². The number of hydrogen-bond donors (Lipinski definition) is 0. The molecule has 0 N–H and O–H groups in total. The van der Waals surface area contributed by atoms with Crippen molar-refractivity contribution in [2.45, 2.75) is 52.1 Å². The van der Waals surface area contributed by atoms with Gasteiger partial charge >= 0.3 is 6.09 Å². The van der Waals surface area contributed by atoms with Crippen LogP contribution in [-0.2, 0) is 14.3 Å². The average Bonchev–Trinajstić information content (AvgIpc) is 2.54. The number of ether oxygens (including phenoxy) is 2. The Morgan fingerprint density at radius 2 is 1.71 bits per heavy atom. The fraction of sp³-hybridized carbons (Fsp3) is 0.889. The molecule has 0 bridgehead atoms. The van der Waals surface area contributed by atoms with Crippen LogP contribution in [0.1, 0.15) is 46.5 Å². The first kappa shape index (κ1) is 19.2. The van der Waals surface area contributed by atoms with Gasteiger partial charge in [-0.3, -0.25) is 9.69 Å². The Morgan fingerprint density at radius 3 is 2.29 bits per heavy atom. The van der Waals surface area contributed by atoms with Gasteiger partial charge in [0.25, 0.3) is 0 Å². The van der Waals surface area contributed by atoms with Gasteiger partial charge in [0.2, 0.25) is 0 Å². The topological polar surface area (TPSA) is 59.1 Å². The zero-order valence-electron chi connectivity index (χ0n) is 15.4. The molecule has 2 aliphatic rings. The number of piperidine rings is 1. The first-order valence-corrected chi connectivity index (χ1v) is 9.16. The number of amides is 1. The summed E-state index contributed by atoms with van der Waals surface area (Å²) in [7, 11) is 0. The molecule has 0 aromatic carbocycles. The lowest BCUT2D eigenvalue weighted by atomic mass is 9.90. The second-order valence-electron chi connectivity index (χ2n) is 7.77. The molecule has 2 heterocycles. The maximum absolute atomic E-state index is 12.4. The minimum atomic E-state index is -0.469. The van der Waals surface area contributed by atoms with E-state index in [9.17, 15) is 9.59 Å². The number of morpholine rings is 1. The van der Waals surface area contributed by atoms with Gasteiger partial charge in [-0.05, 0) is 46.6 Å². The van der Waals surface area contributed by atoms with Crippen LogP contribution in [0.4, 0.5) is 4.79 Å². The van der Waals surface area contributed by atoms with E-state index in [2.05, 4.69) is 4.90 Å². The average molecular weight is 340 g/mol. The maximum Gasteiger partial charge on any atom is 0.410 e. The molecule has 0 spiro atoms. The number of nitrogens with zero attached hydrogens (tertiary/aromatic N) is 2. The van der Waals surface area contributed by atoms with Crippen molar-refractivity contribution in [1.82, 2.24) is 9.80 Å². The Bertz CT molecular complexity index is 419. The van der Waals surface area contributed by atoms with Crippen molar-refractivity contribution in [3.05, 3.63) is 0 Å². The van der Waals surface area contributed by atoms with Gasteiger partial charge in [0.05, 0.1) is 13.2 Å². The molecule has 2 rings (SSSR count). The van der Waals surface area contributed by atoms with Crippen molar-refractivity contribution >= 4 is 11.9 Å². The van der Waals surface area contributed by atoms with Crippen LogP contribution in [-0.4, -0.2) is 73.2 Å². The number of hydrogen-bond acceptors (Lipinski definition) is 5.